The quantitative estimate of drug-likeness (QED) is 0.852. The molecule has 4 saturated carbocycles. The van der Waals surface area contributed by atoms with Gasteiger partial charge in [0.1, 0.15) is 0 Å². The summed E-state index contributed by atoms with van der Waals surface area (Å²) in [6, 6.07) is 2.64. The molecule has 0 radical (unpaired) electrons. The van der Waals surface area contributed by atoms with Crippen LogP contribution in [0, 0.1) is 23.2 Å². The summed E-state index contributed by atoms with van der Waals surface area (Å²) in [6.45, 7) is 3.26. The summed E-state index contributed by atoms with van der Waals surface area (Å²) >= 11 is 0. The zero-order chi connectivity index (χ0) is 13.6. The molecule has 1 aromatic rings. The van der Waals surface area contributed by atoms with Crippen molar-refractivity contribution in [2.24, 2.45) is 23.2 Å². The van der Waals surface area contributed by atoms with E-state index in [2.05, 4.69) is 18.3 Å². The minimum Gasteiger partial charge on any atom is -0.472 e. The molecular formula is C18H27NO. The van der Waals surface area contributed by atoms with Crippen molar-refractivity contribution >= 4 is 0 Å². The molecule has 4 fully saturated rings. The first-order valence-electron chi connectivity index (χ1n) is 8.52. The van der Waals surface area contributed by atoms with Gasteiger partial charge < -0.3 is 9.73 Å². The number of hydrogen-bond acceptors (Lipinski definition) is 2. The monoisotopic (exact) mass is 273 g/mol. The largest absolute Gasteiger partial charge is 0.472 e. The zero-order valence-corrected chi connectivity index (χ0v) is 12.6. The van der Waals surface area contributed by atoms with Crippen LogP contribution in [0.3, 0.4) is 0 Å². The minimum absolute atomic E-state index is 0.495. The van der Waals surface area contributed by atoms with E-state index in [9.17, 15) is 0 Å². The van der Waals surface area contributed by atoms with Crippen LogP contribution in [0.2, 0.25) is 0 Å². The van der Waals surface area contributed by atoms with E-state index < -0.39 is 0 Å². The highest BCUT2D eigenvalue weighted by atomic mass is 16.3. The lowest BCUT2D eigenvalue weighted by Gasteiger charge is -2.57. The molecule has 1 N–H and O–H groups in total. The maximum atomic E-state index is 5.32. The predicted molar refractivity (Wildman–Crippen MR) is 80.3 cm³/mol. The average Bonchev–Trinajstić information content (AvgIpc) is 2.90. The van der Waals surface area contributed by atoms with Gasteiger partial charge in [0.05, 0.1) is 12.5 Å². The molecule has 2 heteroatoms. The van der Waals surface area contributed by atoms with Crippen molar-refractivity contribution in [3.63, 3.8) is 0 Å². The van der Waals surface area contributed by atoms with Gasteiger partial charge in [-0.3, -0.25) is 0 Å². The van der Waals surface area contributed by atoms with Crippen LogP contribution in [-0.4, -0.2) is 6.54 Å². The van der Waals surface area contributed by atoms with E-state index in [4.69, 9.17) is 4.42 Å². The molecular weight excluding hydrogens is 246 g/mol. The highest BCUT2D eigenvalue weighted by Crippen LogP contribution is 2.62. The molecule has 20 heavy (non-hydrogen) atoms. The molecule has 1 aromatic heterocycles. The van der Waals surface area contributed by atoms with Crippen LogP contribution in [0.15, 0.2) is 23.0 Å². The van der Waals surface area contributed by atoms with Crippen molar-refractivity contribution in [2.45, 2.75) is 57.9 Å². The van der Waals surface area contributed by atoms with Crippen molar-refractivity contribution in [3.05, 3.63) is 24.2 Å². The number of nitrogens with one attached hydrogen (secondary N) is 1. The van der Waals surface area contributed by atoms with Crippen LogP contribution in [0.25, 0.3) is 0 Å². The molecule has 110 valence electrons. The van der Waals surface area contributed by atoms with Crippen LogP contribution in [0.4, 0.5) is 0 Å². The predicted octanol–water partition coefficient (Wildman–Crippen LogP) is 4.54. The highest BCUT2D eigenvalue weighted by molar-refractivity contribution is 5.14. The van der Waals surface area contributed by atoms with Gasteiger partial charge in [0.2, 0.25) is 0 Å². The van der Waals surface area contributed by atoms with Gasteiger partial charge in [-0.05, 0) is 80.7 Å². The van der Waals surface area contributed by atoms with Crippen LogP contribution < -0.4 is 5.32 Å². The number of hydrogen-bond donors (Lipinski definition) is 1. The molecule has 4 aliphatic carbocycles. The SMILES string of the molecule is CCNC(CC12CC3CC(CC(C3)C1)C2)c1ccoc1. The molecule has 0 spiro atoms. The van der Waals surface area contributed by atoms with Gasteiger partial charge in [0.25, 0.3) is 0 Å². The molecule has 0 aromatic carbocycles. The van der Waals surface area contributed by atoms with Crippen LogP contribution in [-0.2, 0) is 0 Å². The van der Waals surface area contributed by atoms with Crippen molar-refractivity contribution in [1.29, 1.82) is 0 Å². The second kappa shape index (κ2) is 4.91. The molecule has 1 unspecified atom stereocenters. The Labute approximate surface area is 122 Å². The highest BCUT2D eigenvalue weighted by Gasteiger charge is 2.51. The lowest BCUT2D eigenvalue weighted by atomic mass is 9.48. The molecule has 2 nitrogen and oxygen atoms in total. The minimum atomic E-state index is 0.495. The average molecular weight is 273 g/mol. The second-order valence-electron chi connectivity index (χ2n) is 7.79. The van der Waals surface area contributed by atoms with E-state index in [1.54, 1.807) is 0 Å². The molecule has 5 rings (SSSR count). The van der Waals surface area contributed by atoms with E-state index in [0.29, 0.717) is 11.5 Å². The Hall–Kier alpha value is -0.760. The van der Waals surface area contributed by atoms with Crippen molar-refractivity contribution < 1.29 is 4.42 Å². The van der Waals surface area contributed by atoms with Crippen molar-refractivity contribution in [1.82, 2.24) is 5.32 Å². The summed E-state index contributed by atoms with van der Waals surface area (Å²) in [6.07, 6.45) is 14.2. The number of furan rings is 1. The molecule has 1 atom stereocenters. The van der Waals surface area contributed by atoms with Gasteiger partial charge in [-0.15, -0.1) is 0 Å². The summed E-state index contributed by atoms with van der Waals surface area (Å²) in [5.41, 5.74) is 1.99. The first-order valence-corrected chi connectivity index (χ1v) is 8.52. The lowest BCUT2D eigenvalue weighted by Crippen LogP contribution is -2.47. The molecule has 0 amide bonds. The summed E-state index contributed by atoms with van der Waals surface area (Å²) in [4.78, 5) is 0. The molecule has 4 bridgehead atoms. The standard InChI is InChI=1S/C18H27NO/c1-2-19-17(16-3-4-20-12-16)11-18-8-13-5-14(9-18)7-15(6-13)10-18/h3-4,12-15,17,19H,2,5-11H2,1H3. The maximum absolute atomic E-state index is 5.32. The third kappa shape index (κ3) is 2.22. The zero-order valence-electron chi connectivity index (χ0n) is 12.6. The molecule has 0 saturated heterocycles. The Kier molecular flexibility index (Phi) is 3.17. The second-order valence-corrected chi connectivity index (χ2v) is 7.79. The fourth-order valence-corrected chi connectivity index (χ4v) is 6.00. The Morgan fingerprint density at radius 2 is 1.85 bits per heavy atom. The summed E-state index contributed by atoms with van der Waals surface area (Å²) < 4.78 is 5.32. The summed E-state index contributed by atoms with van der Waals surface area (Å²) in [5.74, 6) is 3.15. The van der Waals surface area contributed by atoms with Crippen molar-refractivity contribution in [2.75, 3.05) is 6.54 Å². The first-order chi connectivity index (χ1) is 9.76. The maximum Gasteiger partial charge on any atom is 0.0950 e. The van der Waals surface area contributed by atoms with E-state index in [1.807, 2.05) is 12.5 Å². The lowest BCUT2D eigenvalue weighted by molar-refractivity contribution is -0.0622. The molecule has 1 heterocycles. The number of rotatable bonds is 5. The van der Waals surface area contributed by atoms with E-state index in [0.717, 1.165) is 24.3 Å². The van der Waals surface area contributed by atoms with Gasteiger partial charge in [0, 0.05) is 11.6 Å². The van der Waals surface area contributed by atoms with Crippen LogP contribution in [0.1, 0.15) is 63.5 Å². The fraction of sp³-hybridized carbons (Fsp3) is 0.778. The Morgan fingerprint density at radius 1 is 1.20 bits per heavy atom. The third-order valence-corrected chi connectivity index (χ3v) is 6.20. The Bertz CT molecular complexity index is 415. The normalized spacial score (nSPS) is 40.1. The van der Waals surface area contributed by atoms with Gasteiger partial charge in [0.15, 0.2) is 0 Å². The summed E-state index contributed by atoms with van der Waals surface area (Å²) in [5, 5.41) is 3.70. The Morgan fingerprint density at radius 3 is 2.35 bits per heavy atom. The third-order valence-electron chi connectivity index (χ3n) is 6.20. The van der Waals surface area contributed by atoms with E-state index >= 15 is 0 Å². The van der Waals surface area contributed by atoms with Crippen molar-refractivity contribution in [3.8, 4) is 0 Å². The first kappa shape index (κ1) is 12.9. The smallest absolute Gasteiger partial charge is 0.0950 e. The molecule has 4 aliphatic rings. The topological polar surface area (TPSA) is 25.2 Å². The summed E-state index contributed by atoms with van der Waals surface area (Å²) in [7, 11) is 0. The van der Waals surface area contributed by atoms with Gasteiger partial charge >= 0.3 is 0 Å². The van der Waals surface area contributed by atoms with Gasteiger partial charge in [-0.1, -0.05) is 6.92 Å². The van der Waals surface area contributed by atoms with E-state index in [-0.39, 0.29) is 0 Å². The van der Waals surface area contributed by atoms with E-state index in [1.165, 1.54) is 50.5 Å². The van der Waals surface area contributed by atoms with Gasteiger partial charge in [-0.2, -0.15) is 0 Å². The fourth-order valence-electron chi connectivity index (χ4n) is 6.00. The van der Waals surface area contributed by atoms with Crippen LogP contribution in [0.5, 0.6) is 0 Å². The molecule has 0 aliphatic heterocycles. The van der Waals surface area contributed by atoms with Crippen LogP contribution >= 0.6 is 0 Å². The van der Waals surface area contributed by atoms with Gasteiger partial charge in [-0.25, -0.2) is 0 Å². The Balaban J connectivity index is 1.54.